The van der Waals surface area contributed by atoms with E-state index in [4.69, 9.17) is 0 Å². The molecule has 140 valence electrons. The van der Waals surface area contributed by atoms with Gasteiger partial charge in [-0.15, -0.1) is 0 Å². The summed E-state index contributed by atoms with van der Waals surface area (Å²) in [6.45, 7) is 7.76. The van der Waals surface area contributed by atoms with Crippen molar-refractivity contribution in [2.24, 2.45) is 0 Å². The number of anilines is 1. The van der Waals surface area contributed by atoms with Crippen LogP contribution >= 0.6 is 0 Å². The summed E-state index contributed by atoms with van der Waals surface area (Å²) < 4.78 is 24.8. The lowest BCUT2D eigenvalue weighted by Gasteiger charge is -2.22. The molecule has 0 heterocycles. The van der Waals surface area contributed by atoms with Crippen LogP contribution in [0.2, 0.25) is 0 Å². The summed E-state index contributed by atoms with van der Waals surface area (Å²) in [5.41, 5.74) is 4.96. The molecule has 0 bridgehead atoms. The van der Waals surface area contributed by atoms with Gasteiger partial charge in [0.15, 0.2) is 0 Å². The summed E-state index contributed by atoms with van der Waals surface area (Å²) in [6, 6.07) is 11.1. The molecule has 0 aliphatic heterocycles. The number of carbonyl (C=O) groups is 1. The second-order valence-electron chi connectivity index (χ2n) is 6.74. The summed E-state index contributed by atoms with van der Waals surface area (Å²) in [7, 11) is -1.91. The van der Waals surface area contributed by atoms with E-state index >= 15 is 0 Å². The number of carbonyl (C=O) groups excluding carboxylic acids is 1. The summed E-state index contributed by atoms with van der Waals surface area (Å²) in [4.78, 5) is 12.8. The standard InChI is InChI=1S/C20H26N2O3S/c1-13-10-11-17(14(2)12-13)16(4)21-20(23)18-8-7-9-19(15(18)3)22(5)26(6,24)25/h7-12,16H,1-6H3,(H,21,23). The van der Waals surface area contributed by atoms with Crippen LogP contribution in [-0.4, -0.2) is 27.6 Å². The quantitative estimate of drug-likeness (QED) is 0.871. The number of benzene rings is 2. The number of hydrogen-bond acceptors (Lipinski definition) is 3. The van der Waals surface area contributed by atoms with Gasteiger partial charge in [-0.05, 0) is 56.5 Å². The summed E-state index contributed by atoms with van der Waals surface area (Å²) >= 11 is 0. The van der Waals surface area contributed by atoms with Crippen LogP contribution in [0.15, 0.2) is 36.4 Å². The van der Waals surface area contributed by atoms with Crippen LogP contribution in [0.25, 0.3) is 0 Å². The Balaban J connectivity index is 2.30. The number of rotatable bonds is 5. The van der Waals surface area contributed by atoms with Gasteiger partial charge >= 0.3 is 0 Å². The molecule has 6 heteroatoms. The van der Waals surface area contributed by atoms with E-state index in [1.807, 2.05) is 32.9 Å². The van der Waals surface area contributed by atoms with Crippen LogP contribution in [-0.2, 0) is 10.0 Å². The van der Waals surface area contributed by atoms with Gasteiger partial charge in [0.1, 0.15) is 0 Å². The SMILES string of the molecule is Cc1ccc(C(C)NC(=O)c2cccc(N(C)S(C)(=O)=O)c2C)c(C)c1. The van der Waals surface area contributed by atoms with E-state index in [-0.39, 0.29) is 11.9 Å². The first-order chi connectivity index (χ1) is 12.0. The molecule has 0 aromatic heterocycles. The van der Waals surface area contributed by atoms with Crippen molar-refractivity contribution < 1.29 is 13.2 Å². The predicted octanol–water partition coefficient (Wildman–Crippen LogP) is 3.50. The van der Waals surface area contributed by atoms with Gasteiger partial charge in [-0.25, -0.2) is 8.42 Å². The van der Waals surface area contributed by atoms with Crippen LogP contribution in [0.5, 0.6) is 0 Å². The average Bonchev–Trinajstić information content (AvgIpc) is 2.53. The Morgan fingerprint density at radius 1 is 1.12 bits per heavy atom. The Morgan fingerprint density at radius 3 is 2.35 bits per heavy atom. The molecule has 26 heavy (non-hydrogen) atoms. The number of nitrogens with zero attached hydrogens (tertiary/aromatic N) is 1. The Labute approximate surface area is 156 Å². The smallest absolute Gasteiger partial charge is 0.252 e. The largest absolute Gasteiger partial charge is 0.345 e. The van der Waals surface area contributed by atoms with Gasteiger partial charge in [0.25, 0.3) is 5.91 Å². The zero-order valence-electron chi connectivity index (χ0n) is 16.1. The maximum absolute atomic E-state index is 12.8. The number of aryl methyl sites for hydroxylation is 2. The summed E-state index contributed by atoms with van der Waals surface area (Å²) in [5.74, 6) is -0.223. The highest BCUT2D eigenvalue weighted by atomic mass is 32.2. The van der Waals surface area contributed by atoms with E-state index in [0.717, 1.165) is 17.4 Å². The Bertz CT molecular complexity index is 936. The molecule has 2 aromatic rings. The lowest BCUT2D eigenvalue weighted by Crippen LogP contribution is -2.29. The third kappa shape index (κ3) is 4.25. The molecule has 5 nitrogen and oxygen atoms in total. The van der Waals surface area contributed by atoms with E-state index in [2.05, 4.69) is 11.4 Å². The van der Waals surface area contributed by atoms with E-state index in [1.54, 1.807) is 25.1 Å². The van der Waals surface area contributed by atoms with Crippen LogP contribution in [0, 0.1) is 20.8 Å². The summed E-state index contributed by atoms with van der Waals surface area (Å²) in [6.07, 6.45) is 1.14. The van der Waals surface area contributed by atoms with Crippen molar-refractivity contribution in [3.05, 3.63) is 64.2 Å². The van der Waals surface area contributed by atoms with Gasteiger partial charge in [-0.1, -0.05) is 29.8 Å². The number of amides is 1. The minimum Gasteiger partial charge on any atom is -0.345 e. The van der Waals surface area contributed by atoms with Crippen molar-refractivity contribution in [3.8, 4) is 0 Å². The van der Waals surface area contributed by atoms with Crippen LogP contribution in [0.3, 0.4) is 0 Å². The first-order valence-corrected chi connectivity index (χ1v) is 10.3. The summed E-state index contributed by atoms with van der Waals surface area (Å²) in [5, 5.41) is 3.01. The monoisotopic (exact) mass is 374 g/mol. The Kier molecular flexibility index (Phi) is 5.76. The van der Waals surface area contributed by atoms with Crippen molar-refractivity contribution >= 4 is 21.6 Å². The van der Waals surface area contributed by atoms with Crippen molar-refractivity contribution in [3.63, 3.8) is 0 Å². The second-order valence-corrected chi connectivity index (χ2v) is 8.75. The third-order valence-electron chi connectivity index (χ3n) is 4.63. The lowest BCUT2D eigenvalue weighted by molar-refractivity contribution is 0.0939. The molecule has 1 unspecified atom stereocenters. The normalized spacial score (nSPS) is 12.5. The van der Waals surface area contributed by atoms with E-state index in [1.165, 1.54) is 16.9 Å². The molecule has 0 saturated heterocycles. The van der Waals surface area contributed by atoms with Gasteiger partial charge < -0.3 is 5.32 Å². The van der Waals surface area contributed by atoms with Crippen molar-refractivity contribution in [1.82, 2.24) is 5.32 Å². The molecule has 1 amide bonds. The lowest BCUT2D eigenvalue weighted by atomic mass is 9.99. The van der Waals surface area contributed by atoms with Crippen LogP contribution in [0.1, 0.15) is 45.6 Å². The average molecular weight is 375 g/mol. The molecule has 2 aromatic carbocycles. The molecule has 0 aliphatic rings. The highest BCUT2D eigenvalue weighted by Crippen LogP contribution is 2.25. The predicted molar refractivity (Wildman–Crippen MR) is 106 cm³/mol. The highest BCUT2D eigenvalue weighted by molar-refractivity contribution is 7.92. The van der Waals surface area contributed by atoms with Crippen molar-refractivity contribution in [2.45, 2.75) is 33.7 Å². The molecular weight excluding hydrogens is 348 g/mol. The molecule has 1 N–H and O–H groups in total. The number of hydrogen-bond donors (Lipinski definition) is 1. The third-order valence-corrected chi connectivity index (χ3v) is 5.82. The fourth-order valence-electron chi connectivity index (χ4n) is 3.05. The van der Waals surface area contributed by atoms with Crippen LogP contribution in [0.4, 0.5) is 5.69 Å². The Hall–Kier alpha value is -2.34. The first-order valence-electron chi connectivity index (χ1n) is 8.44. The second kappa shape index (κ2) is 7.50. The van der Waals surface area contributed by atoms with E-state index in [9.17, 15) is 13.2 Å². The van der Waals surface area contributed by atoms with Crippen LogP contribution < -0.4 is 9.62 Å². The first kappa shape index (κ1) is 20.0. The fourth-order valence-corrected chi connectivity index (χ4v) is 3.61. The van der Waals surface area contributed by atoms with Gasteiger partial charge in [0.05, 0.1) is 18.0 Å². The molecular formula is C20H26N2O3S. The zero-order chi connectivity index (χ0) is 19.6. The van der Waals surface area contributed by atoms with E-state index in [0.29, 0.717) is 16.8 Å². The molecule has 2 rings (SSSR count). The molecule has 1 atom stereocenters. The van der Waals surface area contributed by atoms with E-state index < -0.39 is 10.0 Å². The van der Waals surface area contributed by atoms with Gasteiger partial charge in [0.2, 0.25) is 10.0 Å². The molecule has 0 fully saturated rings. The van der Waals surface area contributed by atoms with Gasteiger partial charge in [0, 0.05) is 12.6 Å². The molecule has 0 saturated carbocycles. The maximum atomic E-state index is 12.8. The fraction of sp³-hybridized carbons (Fsp3) is 0.350. The molecule has 0 radical (unpaired) electrons. The minimum atomic E-state index is -3.39. The Morgan fingerprint density at radius 2 is 1.77 bits per heavy atom. The topological polar surface area (TPSA) is 66.5 Å². The van der Waals surface area contributed by atoms with Crippen molar-refractivity contribution in [2.75, 3.05) is 17.6 Å². The number of nitrogens with one attached hydrogen (secondary N) is 1. The van der Waals surface area contributed by atoms with Gasteiger partial charge in [-0.2, -0.15) is 0 Å². The number of sulfonamides is 1. The minimum absolute atomic E-state index is 0.154. The van der Waals surface area contributed by atoms with Gasteiger partial charge in [-0.3, -0.25) is 9.10 Å². The highest BCUT2D eigenvalue weighted by Gasteiger charge is 2.20. The molecule has 0 aliphatic carbocycles. The molecule has 0 spiro atoms. The maximum Gasteiger partial charge on any atom is 0.252 e. The van der Waals surface area contributed by atoms with Crippen molar-refractivity contribution in [1.29, 1.82) is 0 Å². The zero-order valence-corrected chi connectivity index (χ0v) is 16.9.